The summed E-state index contributed by atoms with van der Waals surface area (Å²) in [5.74, 6) is 2.03. The molecule has 0 radical (unpaired) electrons. The van der Waals surface area contributed by atoms with Crippen LogP contribution in [0, 0.1) is 11.8 Å². The van der Waals surface area contributed by atoms with Gasteiger partial charge in [0.1, 0.15) is 5.75 Å². The van der Waals surface area contributed by atoms with Crippen molar-refractivity contribution >= 4 is 40.3 Å². The highest BCUT2D eigenvalue weighted by Crippen LogP contribution is 2.38. The van der Waals surface area contributed by atoms with Gasteiger partial charge in [-0.3, -0.25) is 10.9 Å². The molecule has 4 N–H and O–H groups in total. The number of benzene rings is 1. The molecule has 2 aliphatic rings. The molecule has 2 aliphatic carbocycles. The molecule has 5 nitrogen and oxygen atoms in total. The Kier molecular flexibility index (Phi) is 4.97. The van der Waals surface area contributed by atoms with Crippen molar-refractivity contribution in [2.75, 3.05) is 12.4 Å². The van der Waals surface area contributed by atoms with E-state index in [1.165, 1.54) is 6.42 Å². The van der Waals surface area contributed by atoms with Crippen molar-refractivity contribution in [2.45, 2.75) is 18.9 Å². The van der Waals surface area contributed by atoms with Crippen LogP contribution >= 0.6 is 24.4 Å². The predicted octanol–water partition coefficient (Wildman–Crippen LogP) is 2.33. The molecule has 2 bridgehead atoms. The van der Waals surface area contributed by atoms with Gasteiger partial charge < -0.3 is 15.4 Å². The van der Waals surface area contributed by atoms with Crippen molar-refractivity contribution < 1.29 is 4.74 Å². The topological polar surface area (TPSA) is 57.4 Å². The Labute approximate surface area is 146 Å². The summed E-state index contributed by atoms with van der Waals surface area (Å²) in [6.07, 6.45) is 6.98. The van der Waals surface area contributed by atoms with Crippen LogP contribution in [0.5, 0.6) is 5.75 Å². The van der Waals surface area contributed by atoms with Gasteiger partial charge in [-0.05, 0) is 61.2 Å². The van der Waals surface area contributed by atoms with E-state index in [2.05, 4.69) is 33.6 Å². The van der Waals surface area contributed by atoms with E-state index in [9.17, 15) is 0 Å². The second kappa shape index (κ2) is 7.14. The number of fused-ring (bicyclic) bond motifs is 2. The molecule has 0 unspecified atom stereocenters. The zero-order valence-electron chi connectivity index (χ0n) is 12.8. The molecule has 0 saturated heterocycles. The van der Waals surface area contributed by atoms with Gasteiger partial charge in [0.25, 0.3) is 0 Å². The Morgan fingerprint density at radius 3 is 2.57 bits per heavy atom. The lowest BCUT2D eigenvalue weighted by Crippen LogP contribution is -2.51. The van der Waals surface area contributed by atoms with E-state index in [0.717, 1.165) is 17.9 Å². The van der Waals surface area contributed by atoms with Crippen molar-refractivity contribution in [2.24, 2.45) is 11.8 Å². The van der Waals surface area contributed by atoms with E-state index in [1.54, 1.807) is 7.11 Å². The summed E-state index contributed by atoms with van der Waals surface area (Å²) >= 11 is 10.6. The Bertz CT molecular complexity index is 634. The van der Waals surface area contributed by atoms with Gasteiger partial charge in [0, 0.05) is 6.04 Å². The summed E-state index contributed by atoms with van der Waals surface area (Å²) in [5, 5.41) is 7.40. The molecule has 122 valence electrons. The summed E-state index contributed by atoms with van der Waals surface area (Å²) in [6.45, 7) is 0. The van der Waals surface area contributed by atoms with Gasteiger partial charge in [-0.1, -0.05) is 24.3 Å². The summed E-state index contributed by atoms with van der Waals surface area (Å²) in [4.78, 5) is 0. The largest absolute Gasteiger partial charge is 0.495 e. The molecule has 3 atom stereocenters. The number of anilines is 1. The van der Waals surface area contributed by atoms with Gasteiger partial charge in [0.2, 0.25) is 0 Å². The van der Waals surface area contributed by atoms with Crippen LogP contribution in [-0.4, -0.2) is 23.4 Å². The average Bonchev–Trinajstić information content (AvgIpc) is 3.16. The minimum Gasteiger partial charge on any atom is -0.495 e. The van der Waals surface area contributed by atoms with E-state index in [0.29, 0.717) is 28.1 Å². The third-order valence-corrected chi connectivity index (χ3v) is 4.66. The second-order valence-corrected chi connectivity index (χ2v) is 6.58. The number of nitrogens with one attached hydrogen (secondary N) is 4. The quantitative estimate of drug-likeness (QED) is 0.380. The molecule has 7 heteroatoms. The third kappa shape index (κ3) is 3.92. The molecule has 1 saturated carbocycles. The van der Waals surface area contributed by atoms with Crippen molar-refractivity contribution in [1.29, 1.82) is 0 Å². The first-order chi connectivity index (χ1) is 11.2. The Hall–Kier alpha value is -1.86. The lowest BCUT2D eigenvalue weighted by molar-refractivity contribution is 0.417. The fourth-order valence-electron chi connectivity index (χ4n) is 3.17. The molecule has 0 aromatic heterocycles. The van der Waals surface area contributed by atoms with Crippen molar-refractivity contribution in [3.05, 3.63) is 36.4 Å². The highest BCUT2D eigenvalue weighted by atomic mass is 32.1. The Balaban J connectivity index is 1.43. The first-order valence-corrected chi connectivity index (χ1v) is 8.42. The zero-order chi connectivity index (χ0) is 16.2. The number of rotatable bonds is 3. The number of thiocarbonyl (C=S) groups is 2. The Morgan fingerprint density at radius 2 is 1.87 bits per heavy atom. The first-order valence-electron chi connectivity index (χ1n) is 7.60. The number of ether oxygens (including phenoxy) is 1. The minimum atomic E-state index is 0.419. The maximum atomic E-state index is 5.32. The van der Waals surface area contributed by atoms with Gasteiger partial charge in [0.15, 0.2) is 10.2 Å². The summed E-state index contributed by atoms with van der Waals surface area (Å²) in [6, 6.07) is 8.00. The molecule has 0 aliphatic heterocycles. The second-order valence-electron chi connectivity index (χ2n) is 5.76. The minimum absolute atomic E-state index is 0.419. The van der Waals surface area contributed by atoms with Gasteiger partial charge in [0.05, 0.1) is 12.8 Å². The van der Waals surface area contributed by atoms with Crippen LogP contribution in [0.25, 0.3) is 0 Å². The van der Waals surface area contributed by atoms with Crippen LogP contribution in [0.15, 0.2) is 36.4 Å². The molecular formula is C16H20N4OS2. The molecule has 3 rings (SSSR count). The molecule has 1 aromatic carbocycles. The molecular weight excluding hydrogens is 328 g/mol. The summed E-state index contributed by atoms with van der Waals surface area (Å²) in [7, 11) is 1.62. The van der Waals surface area contributed by atoms with E-state index in [-0.39, 0.29) is 0 Å². The van der Waals surface area contributed by atoms with Gasteiger partial charge in [-0.15, -0.1) is 0 Å². The summed E-state index contributed by atoms with van der Waals surface area (Å²) in [5.41, 5.74) is 6.62. The smallest absolute Gasteiger partial charge is 0.189 e. The third-order valence-electron chi connectivity index (χ3n) is 4.24. The predicted molar refractivity (Wildman–Crippen MR) is 100 cm³/mol. The van der Waals surface area contributed by atoms with Crippen LogP contribution in [0.1, 0.15) is 12.8 Å². The molecule has 1 fully saturated rings. The highest BCUT2D eigenvalue weighted by molar-refractivity contribution is 7.80. The lowest BCUT2D eigenvalue weighted by Gasteiger charge is -2.22. The van der Waals surface area contributed by atoms with Crippen LogP contribution in [0.2, 0.25) is 0 Å². The van der Waals surface area contributed by atoms with Gasteiger partial charge in [-0.2, -0.15) is 0 Å². The number of methoxy groups -OCH3 is 1. The van der Waals surface area contributed by atoms with E-state index in [1.807, 2.05) is 24.3 Å². The monoisotopic (exact) mass is 348 g/mol. The fourth-order valence-corrected chi connectivity index (χ4v) is 3.53. The van der Waals surface area contributed by atoms with Crippen molar-refractivity contribution in [3.63, 3.8) is 0 Å². The van der Waals surface area contributed by atoms with Crippen molar-refractivity contribution in [1.82, 2.24) is 16.2 Å². The fraction of sp³-hybridized carbons (Fsp3) is 0.375. The normalized spacial score (nSPS) is 24.1. The number of hydrogen-bond acceptors (Lipinski definition) is 3. The SMILES string of the molecule is COc1ccccc1NC(=S)NNC(=S)N[C@H]1C[C@H]2C=C[C@@H]1C2. The highest BCUT2D eigenvalue weighted by Gasteiger charge is 2.35. The Morgan fingerprint density at radius 1 is 1.09 bits per heavy atom. The lowest BCUT2D eigenvalue weighted by atomic mass is 10.0. The molecule has 0 spiro atoms. The van der Waals surface area contributed by atoms with E-state index in [4.69, 9.17) is 29.2 Å². The standard InChI is InChI=1S/C16H20N4OS2/c1-21-14-5-3-2-4-12(14)17-15(22)19-20-16(23)18-13-9-10-6-7-11(13)8-10/h2-7,10-11,13H,8-9H2,1H3,(H2,17,19,22)(H2,18,20,23)/t10-,11+,13-/m0/s1. The molecule has 1 aromatic rings. The average molecular weight is 348 g/mol. The number of para-hydroxylation sites is 2. The summed E-state index contributed by atoms with van der Waals surface area (Å²) < 4.78 is 5.27. The maximum Gasteiger partial charge on any atom is 0.189 e. The van der Waals surface area contributed by atoms with E-state index < -0.39 is 0 Å². The van der Waals surface area contributed by atoms with E-state index >= 15 is 0 Å². The molecule has 0 heterocycles. The van der Waals surface area contributed by atoms with Crippen LogP contribution in [0.4, 0.5) is 5.69 Å². The zero-order valence-corrected chi connectivity index (χ0v) is 14.5. The van der Waals surface area contributed by atoms with Crippen LogP contribution in [-0.2, 0) is 0 Å². The number of hydrazine groups is 1. The first kappa shape index (κ1) is 16.0. The van der Waals surface area contributed by atoms with Crippen LogP contribution in [0.3, 0.4) is 0 Å². The number of hydrogen-bond donors (Lipinski definition) is 4. The molecule has 23 heavy (non-hydrogen) atoms. The number of allylic oxidation sites excluding steroid dienone is 1. The van der Waals surface area contributed by atoms with Gasteiger partial charge >= 0.3 is 0 Å². The maximum absolute atomic E-state index is 5.32. The van der Waals surface area contributed by atoms with Gasteiger partial charge in [-0.25, -0.2) is 0 Å². The van der Waals surface area contributed by atoms with Crippen molar-refractivity contribution in [3.8, 4) is 5.75 Å². The van der Waals surface area contributed by atoms with Crippen LogP contribution < -0.4 is 26.2 Å². The molecule has 0 amide bonds.